The van der Waals surface area contributed by atoms with Gasteiger partial charge in [-0.15, -0.1) is 0 Å². The molecule has 1 aliphatic rings. The van der Waals surface area contributed by atoms with Gasteiger partial charge in [-0.3, -0.25) is 4.98 Å². The minimum atomic E-state index is 0.708. The van der Waals surface area contributed by atoms with Crippen LogP contribution < -0.4 is 5.32 Å². The number of hydrogen-bond acceptors (Lipinski definition) is 4. The van der Waals surface area contributed by atoms with Gasteiger partial charge in [-0.1, -0.05) is 12.8 Å². The molecule has 1 fully saturated rings. The van der Waals surface area contributed by atoms with Crippen molar-refractivity contribution in [3.8, 4) is 0 Å². The Bertz CT molecular complexity index is 508. The summed E-state index contributed by atoms with van der Waals surface area (Å²) in [6.07, 6.45) is 8.80. The summed E-state index contributed by atoms with van der Waals surface area (Å²) in [6.45, 7) is 0.995. The van der Waals surface area contributed by atoms with Gasteiger partial charge in [0, 0.05) is 18.9 Å². The molecular formula is C13H16N4. The van der Waals surface area contributed by atoms with Gasteiger partial charge in [0.2, 0.25) is 0 Å². The van der Waals surface area contributed by atoms with Gasteiger partial charge in [-0.25, -0.2) is 9.97 Å². The number of nitrogens with one attached hydrogen (secondary N) is 1. The van der Waals surface area contributed by atoms with Crippen molar-refractivity contribution < 1.29 is 0 Å². The van der Waals surface area contributed by atoms with E-state index in [1.54, 1.807) is 12.4 Å². The first-order valence-corrected chi connectivity index (χ1v) is 6.23. The molecule has 0 atom stereocenters. The lowest BCUT2D eigenvalue weighted by molar-refractivity contribution is 0.686. The highest BCUT2D eigenvalue weighted by Gasteiger charge is 2.19. The minimum absolute atomic E-state index is 0.708. The molecule has 2 heterocycles. The number of nitrogens with zero attached hydrogens (tertiary/aromatic N) is 3. The highest BCUT2D eigenvalue weighted by Crippen LogP contribution is 2.33. The molecule has 4 nitrogen and oxygen atoms in total. The average molecular weight is 228 g/mol. The second-order valence-corrected chi connectivity index (χ2v) is 4.61. The van der Waals surface area contributed by atoms with Crippen LogP contribution in [0.3, 0.4) is 0 Å². The highest BCUT2D eigenvalue weighted by molar-refractivity contribution is 5.71. The Hall–Kier alpha value is -1.71. The van der Waals surface area contributed by atoms with E-state index in [0.29, 0.717) is 5.65 Å². The van der Waals surface area contributed by atoms with Crippen molar-refractivity contribution in [2.24, 2.45) is 5.92 Å². The van der Waals surface area contributed by atoms with E-state index in [2.05, 4.69) is 20.3 Å². The number of hydrogen-bond donors (Lipinski definition) is 1. The lowest BCUT2D eigenvalue weighted by Gasteiger charge is -2.05. The maximum Gasteiger partial charge on any atom is 0.180 e. The second-order valence-electron chi connectivity index (χ2n) is 4.61. The molecule has 0 radical (unpaired) electrons. The van der Waals surface area contributed by atoms with Crippen LogP contribution in [-0.4, -0.2) is 21.5 Å². The zero-order valence-corrected chi connectivity index (χ0v) is 9.76. The molecule has 0 spiro atoms. The van der Waals surface area contributed by atoms with Crippen LogP contribution in [0.15, 0.2) is 24.5 Å². The Labute approximate surface area is 101 Å². The molecular weight excluding hydrogens is 212 g/mol. The van der Waals surface area contributed by atoms with Gasteiger partial charge in [0.25, 0.3) is 0 Å². The van der Waals surface area contributed by atoms with Crippen LogP contribution in [0.4, 0.5) is 5.82 Å². The van der Waals surface area contributed by atoms with Gasteiger partial charge >= 0.3 is 0 Å². The Morgan fingerprint density at radius 3 is 2.94 bits per heavy atom. The third-order valence-corrected chi connectivity index (χ3v) is 3.12. The van der Waals surface area contributed by atoms with E-state index < -0.39 is 0 Å². The first kappa shape index (κ1) is 10.4. The molecule has 4 heteroatoms. The van der Waals surface area contributed by atoms with Crippen LogP contribution in [-0.2, 0) is 0 Å². The van der Waals surface area contributed by atoms with Gasteiger partial charge in [0.15, 0.2) is 5.65 Å². The summed E-state index contributed by atoms with van der Waals surface area (Å²) in [5.41, 5.74) is 1.55. The fourth-order valence-corrected chi connectivity index (χ4v) is 1.97. The molecule has 2 aromatic heterocycles. The van der Waals surface area contributed by atoms with E-state index in [-0.39, 0.29) is 0 Å². The molecule has 0 unspecified atom stereocenters. The maximum atomic E-state index is 4.42. The minimum Gasteiger partial charge on any atom is -0.370 e. The van der Waals surface area contributed by atoms with Crippen molar-refractivity contribution in [2.45, 2.75) is 25.7 Å². The average Bonchev–Trinajstić information content (AvgIpc) is 3.18. The van der Waals surface area contributed by atoms with Crippen molar-refractivity contribution in [1.82, 2.24) is 15.0 Å². The van der Waals surface area contributed by atoms with Crippen LogP contribution in [0, 0.1) is 5.92 Å². The van der Waals surface area contributed by atoms with Crippen molar-refractivity contribution in [1.29, 1.82) is 0 Å². The summed E-state index contributed by atoms with van der Waals surface area (Å²) >= 11 is 0. The SMILES string of the molecule is c1cnc2nc(NCCCC3CC3)ccc2n1. The zero-order valence-electron chi connectivity index (χ0n) is 9.76. The topological polar surface area (TPSA) is 50.7 Å². The molecule has 88 valence electrons. The molecule has 1 N–H and O–H groups in total. The van der Waals surface area contributed by atoms with E-state index in [4.69, 9.17) is 0 Å². The molecule has 0 amide bonds. The summed E-state index contributed by atoms with van der Waals surface area (Å²) in [7, 11) is 0. The van der Waals surface area contributed by atoms with Crippen molar-refractivity contribution in [3.05, 3.63) is 24.5 Å². The van der Waals surface area contributed by atoms with Gasteiger partial charge in [-0.2, -0.15) is 0 Å². The quantitative estimate of drug-likeness (QED) is 0.799. The van der Waals surface area contributed by atoms with E-state index in [1.807, 2.05) is 12.1 Å². The standard InChI is InChI=1S/C13H16N4/c1(2-10-3-4-10)7-15-12-6-5-11-13(17-12)16-9-8-14-11/h5-6,8-10H,1-4,7H2,(H,15,16,17). The number of aromatic nitrogens is 3. The van der Waals surface area contributed by atoms with Crippen LogP contribution in [0.25, 0.3) is 11.2 Å². The van der Waals surface area contributed by atoms with E-state index in [9.17, 15) is 0 Å². The van der Waals surface area contributed by atoms with Gasteiger partial charge in [0.05, 0.1) is 0 Å². The molecule has 1 saturated carbocycles. The Morgan fingerprint density at radius 1 is 1.18 bits per heavy atom. The molecule has 0 saturated heterocycles. The lowest BCUT2D eigenvalue weighted by Crippen LogP contribution is -2.04. The molecule has 0 aliphatic heterocycles. The Morgan fingerprint density at radius 2 is 2.06 bits per heavy atom. The fraction of sp³-hybridized carbons (Fsp3) is 0.462. The van der Waals surface area contributed by atoms with Crippen molar-refractivity contribution in [3.63, 3.8) is 0 Å². The predicted octanol–water partition coefficient (Wildman–Crippen LogP) is 2.63. The second kappa shape index (κ2) is 4.65. The van der Waals surface area contributed by atoms with Crippen LogP contribution >= 0.6 is 0 Å². The van der Waals surface area contributed by atoms with Crippen molar-refractivity contribution in [2.75, 3.05) is 11.9 Å². The number of fused-ring (bicyclic) bond motifs is 1. The normalized spacial score (nSPS) is 15.1. The summed E-state index contributed by atoms with van der Waals surface area (Å²) < 4.78 is 0. The van der Waals surface area contributed by atoms with Crippen LogP contribution in [0.2, 0.25) is 0 Å². The van der Waals surface area contributed by atoms with Gasteiger partial charge in [0.1, 0.15) is 11.3 Å². The molecule has 0 aromatic carbocycles. The monoisotopic (exact) mass is 228 g/mol. The number of pyridine rings is 1. The predicted molar refractivity (Wildman–Crippen MR) is 67.8 cm³/mol. The summed E-state index contributed by atoms with van der Waals surface area (Å²) in [5.74, 6) is 1.90. The molecule has 3 rings (SSSR count). The third-order valence-electron chi connectivity index (χ3n) is 3.12. The van der Waals surface area contributed by atoms with Gasteiger partial charge in [-0.05, 0) is 30.9 Å². The molecule has 1 aliphatic carbocycles. The number of rotatable bonds is 5. The highest BCUT2D eigenvalue weighted by atomic mass is 15.0. The van der Waals surface area contributed by atoms with Crippen LogP contribution in [0.1, 0.15) is 25.7 Å². The fourth-order valence-electron chi connectivity index (χ4n) is 1.97. The summed E-state index contributed by atoms with van der Waals surface area (Å²) in [4.78, 5) is 12.8. The summed E-state index contributed by atoms with van der Waals surface area (Å²) in [5, 5.41) is 3.34. The first-order chi connectivity index (χ1) is 8.42. The molecule has 2 aromatic rings. The number of anilines is 1. The largest absolute Gasteiger partial charge is 0.370 e. The molecule has 0 bridgehead atoms. The summed E-state index contributed by atoms with van der Waals surface area (Å²) in [6, 6.07) is 3.92. The van der Waals surface area contributed by atoms with Crippen LogP contribution in [0.5, 0.6) is 0 Å². The Balaban J connectivity index is 1.59. The third kappa shape index (κ3) is 2.70. The maximum absolute atomic E-state index is 4.42. The zero-order chi connectivity index (χ0) is 11.5. The first-order valence-electron chi connectivity index (χ1n) is 6.23. The molecule has 17 heavy (non-hydrogen) atoms. The lowest BCUT2D eigenvalue weighted by atomic mass is 10.2. The Kier molecular flexibility index (Phi) is 2.86. The van der Waals surface area contributed by atoms with Gasteiger partial charge < -0.3 is 5.32 Å². The van der Waals surface area contributed by atoms with E-state index >= 15 is 0 Å². The smallest absolute Gasteiger partial charge is 0.180 e. The van der Waals surface area contributed by atoms with Crippen molar-refractivity contribution >= 4 is 17.0 Å². The van der Waals surface area contributed by atoms with E-state index in [1.165, 1.54) is 25.7 Å². The van der Waals surface area contributed by atoms with E-state index in [0.717, 1.165) is 23.8 Å².